The van der Waals surface area contributed by atoms with Gasteiger partial charge in [-0.15, -0.1) is 0 Å². The number of carbonyl (C=O) groups is 2. The van der Waals surface area contributed by atoms with Crippen molar-refractivity contribution in [3.05, 3.63) is 76.9 Å². The maximum atomic E-state index is 12.9. The molecule has 0 heterocycles. The first kappa shape index (κ1) is 18.1. The van der Waals surface area contributed by atoms with E-state index >= 15 is 0 Å². The zero-order valence-corrected chi connectivity index (χ0v) is 15.4. The molecular formula is C22H22O4. The second-order valence-electron chi connectivity index (χ2n) is 7.05. The molecule has 1 aliphatic carbocycles. The molecule has 0 amide bonds. The summed E-state index contributed by atoms with van der Waals surface area (Å²) in [6.45, 7) is 4.84. The van der Waals surface area contributed by atoms with E-state index in [2.05, 4.69) is 0 Å². The minimum Gasteiger partial charge on any atom is -0.468 e. The van der Waals surface area contributed by atoms with E-state index in [9.17, 15) is 14.7 Å². The van der Waals surface area contributed by atoms with Gasteiger partial charge in [0.05, 0.1) is 12.7 Å². The van der Waals surface area contributed by atoms with Gasteiger partial charge in [0.1, 0.15) is 5.41 Å². The Kier molecular flexibility index (Phi) is 4.32. The lowest BCUT2D eigenvalue weighted by atomic mass is 9.83. The Morgan fingerprint density at radius 2 is 1.58 bits per heavy atom. The van der Waals surface area contributed by atoms with Crippen molar-refractivity contribution in [2.75, 3.05) is 7.11 Å². The highest BCUT2D eigenvalue weighted by molar-refractivity contribution is 6.16. The molecule has 1 N–H and O–H groups in total. The lowest BCUT2D eigenvalue weighted by Gasteiger charge is -2.23. The topological polar surface area (TPSA) is 63.6 Å². The van der Waals surface area contributed by atoms with Gasteiger partial charge < -0.3 is 9.84 Å². The Hall–Kier alpha value is -2.72. The lowest BCUT2D eigenvalue weighted by molar-refractivity contribution is -0.143. The van der Waals surface area contributed by atoms with Crippen molar-refractivity contribution in [1.29, 1.82) is 0 Å². The number of hydrogen-bond donors (Lipinski definition) is 1. The Bertz CT molecular complexity index is 886. The van der Waals surface area contributed by atoms with Crippen LogP contribution in [0.25, 0.3) is 5.57 Å². The third kappa shape index (κ3) is 2.67. The second-order valence-corrected chi connectivity index (χ2v) is 7.05. The zero-order valence-electron chi connectivity index (χ0n) is 15.4. The maximum absolute atomic E-state index is 12.9. The van der Waals surface area contributed by atoms with Crippen LogP contribution in [0.2, 0.25) is 0 Å². The van der Waals surface area contributed by atoms with Gasteiger partial charge in [0.15, 0.2) is 5.78 Å². The number of esters is 1. The molecule has 0 saturated heterocycles. The number of rotatable bonds is 5. The SMILES string of the molecule is COC(=O)C1(c2ccccc2)C(c2ccc(C(C)=O)cc2)=C1C(C)(C)O. The van der Waals surface area contributed by atoms with Crippen molar-refractivity contribution in [2.45, 2.75) is 31.8 Å². The van der Waals surface area contributed by atoms with Crippen LogP contribution in [0.5, 0.6) is 0 Å². The zero-order chi connectivity index (χ0) is 19.1. The molecule has 4 heteroatoms. The number of aliphatic hydroxyl groups is 1. The highest BCUT2D eigenvalue weighted by Crippen LogP contribution is 2.64. The van der Waals surface area contributed by atoms with E-state index in [-0.39, 0.29) is 5.78 Å². The number of benzene rings is 2. The summed E-state index contributed by atoms with van der Waals surface area (Å²) in [4.78, 5) is 24.4. The lowest BCUT2D eigenvalue weighted by Crippen LogP contribution is -2.33. The van der Waals surface area contributed by atoms with Crippen molar-refractivity contribution in [1.82, 2.24) is 0 Å². The van der Waals surface area contributed by atoms with Crippen LogP contribution >= 0.6 is 0 Å². The average molecular weight is 350 g/mol. The van der Waals surface area contributed by atoms with Crippen LogP contribution in [0.15, 0.2) is 60.2 Å². The molecule has 1 unspecified atom stereocenters. The summed E-state index contributed by atoms with van der Waals surface area (Å²) in [5.41, 5.74) is 1.21. The monoisotopic (exact) mass is 350 g/mol. The normalized spacial score (nSPS) is 19.3. The van der Waals surface area contributed by atoms with E-state index in [1.165, 1.54) is 14.0 Å². The molecule has 1 atom stereocenters. The average Bonchev–Trinajstić information content (AvgIpc) is 3.34. The predicted octanol–water partition coefficient (Wildman–Crippen LogP) is 3.54. The van der Waals surface area contributed by atoms with E-state index in [4.69, 9.17) is 4.74 Å². The Balaban J connectivity index is 2.20. The molecule has 2 aromatic rings. The number of Topliss-reactive ketones (excluding diaryl/α,β-unsaturated/α-hetero) is 1. The summed E-state index contributed by atoms with van der Waals surface area (Å²) >= 11 is 0. The minimum atomic E-state index is -1.20. The van der Waals surface area contributed by atoms with E-state index < -0.39 is 17.0 Å². The molecule has 0 spiro atoms. The summed E-state index contributed by atoms with van der Waals surface area (Å²) in [7, 11) is 1.35. The van der Waals surface area contributed by atoms with Gasteiger partial charge in [-0.3, -0.25) is 9.59 Å². The Labute approximate surface area is 153 Å². The molecule has 0 radical (unpaired) electrons. The summed E-state index contributed by atoms with van der Waals surface area (Å²) in [6.07, 6.45) is 0. The first-order valence-corrected chi connectivity index (χ1v) is 8.48. The van der Waals surface area contributed by atoms with Gasteiger partial charge in [0.2, 0.25) is 0 Å². The van der Waals surface area contributed by atoms with Crippen LogP contribution in [0, 0.1) is 0 Å². The summed E-state index contributed by atoms with van der Waals surface area (Å²) in [6, 6.07) is 16.4. The molecular weight excluding hydrogens is 328 g/mol. The number of hydrogen-bond acceptors (Lipinski definition) is 4. The summed E-state index contributed by atoms with van der Waals surface area (Å²) in [5.74, 6) is -0.446. The van der Waals surface area contributed by atoms with Crippen molar-refractivity contribution in [2.24, 2.45) is 0 Å². The Morgan fingerprint density at radius 1 is 1.00 bits per heavy atom. The molecule has 26 heavy (non-hydrogen) atoms. The van der Waals surface area contributed by atoms with Gasteiger partial charge in [-0.05, 0) is 43.0 Å². The first-order chi connectivity index (χ1) is 12.2. The quantitative estimate of drug-likeness (QED) is 0.662. The van der Waals surface area contributed by atoms with Crippen LogP contribution in [0.1, 0.15) is 42.3 Å². The van der Waals surface area contributed by atoms with Gasteiger partial charge in [0, 0.05) is 5.56 Å². The highest BCUT2D eigenvalue weighted by atomic mass is 16.5. The fraction of sp³-hybridized carbons (Fsp3) is 0.273. The molecule has 4 nitrogen and oxygen atoms in total. The third-order valence-electron chi connectivity index (χ3n) is 4.83. The first-order valence-electron chi connectivity index (χ1n) is 8.48. The largest absolute Gasteiger partial charge is 0.468 e. The van der Waals surface area contributed by atoms with Crippen molar-refractivity contribution >= 4 is 17.3 Å². The van der Waals surface area contributed by atoms with Crippen LogP contribution in [0.3, 0.4) is 0 Å². The van der Waals surface area contributed by atoms with Crippen LogP contribution in [0.4, 0.5) is 0 Å². The molecule has 0 aromatic heterocycles. The number of ketones is 1. The van der Waals surface area contributed by atoms with Gasteiger partial charge in [-0.2, -0.15) is 0 Å². The number of carbonyl (C=O) groups excluding carboxylic acids is 2. The van der Waals surface area contributed by atoms with Crippen molar-refractivity contribution in [3.8, 4) is 0 Å². The van der Waals surface area contributed by atoms with Crippen LogP contribution in [-0.4, -0.2) is 29.6 Å². The van der Waals surface area contributed by atoms with Gasteiger partial charge in [-0.25, -0.2) is 0 Å². The minimum absolute atomic E-state index is 0.0219. The van der Waals surface area contributed by atoms with Crippen LogP contribution < -0.4 is 0 Å². The van der Waals surface area contributed by atoms with Gasteiger partial charge in [-0.1, -0.05) is 54.6 Å². The smallest absolute Gasteiger partial charge is 0.325 e. The van der Waals surface area contributed by atoms with Crippen molar-refractivity contribution < 1.29 is 19.4 Å². The van der Waals surface area contributed by atoms with Gasteiger partial charge >= 0.3 is 5.97 Å². The van der Waals surface area contributed by atoms with Gasteiger partial charge in [0.25, 0.3) is 0 Å². The molecule has 0 bridgehead atoms. The second kappa shape index (κ2) is 6.22. The molecule has 2 aromatic carbocycles. The summed E-state index contributed by atoms with van der Waals surface area (Å²) < 4.78 is 5.13. The Morgan fingerprint density at radius 3 is 2.04 bits per heavy atom. The highest BCUT2D eigenvalue weighted by Gasteiger charge is 2.65. The molecule has 1 aliphatic rings. The van der Waals surface area contributed by atoms with E-state index in [0.717, 1.165) is 16.7 Å². The fourth-order valence-corrected chi connectivity index (χ4v) is 3.73. The third-order valence-corrected chi connectivity index (χ3v) is 4.83. The fourth-order valence-electron chi connectivity index (χ4n) is 3.73. The molecule has 0 fully saturated rings. The van der Waals surface area contributed by atoms with E-state index in [1.54, 1.807) is 26.0 Å². The van der Waals surface area contributed by atoms with Crippen LogP contribution in [-0.2, 0) is 14.9 Å². The maximum Gasteiger partial charge on any atom is 0.325 e. The van der Waals surface area contributed by atoms with E-state index in [0.29, 0.717) is 11.1 Å². The molecule has 3 rings (SSSR count). The number of ether oxygens (including phenoxy) is 1. The molecule has 0 aliphatic heterocycles. The molecule has 0 saturated carbocycles. The molecule has 134 valence electrons. The standard InChI is InChI=1S/C22H22O4/c1-14(23)15-10-12-16(13-11-15)18-19(21(2,3)25)22(18,20(24)26-4)17-8-6-5-7-9-17/h5-13,25H,1-4H3. The predicted molar refractivity (Wildman–Crippen MR) is 99.8 cm³/mol. The van der Waals surface area contributed by atoms with E-state index in [1.807, 2.05) is 42.5 Å². The number of methoxy groups -OCH3 is 1. The summed E-state index contributed by atoms with van der Waals surface area (Å²) in [5, 5.41) is 10.8. The van der Waals surface area contributed by atoms with Crippen molar-refractivity contribution in [3.63, 3.8) is 0 Å².